The summed E-state index contributed by atoms with van der Waals surface area (Å²) in [6.45, 7) is 13.3. The van der Waals surface area contributed by atoms with Gasteiger partial charge in [0.25, 0.3) is 0 Å². The molecule has 0 aromatic carbocycles. The number of epoxide rings is 1. The van der Waals surface area contributed by atoms with Gasteiger partial charge in [-0.05, 0) is 66.7 Å². The molecule has 164 valence electrons. The zero-order chi connectivity index (χ0) is 21.8. The first kappa shape index (κ1) is 23.7. The maximum Gasteiger partial charge on any atom is 0.303 e. The van der Waals surface area contributed by atoms with E-state index < -0.39 is 5.60 Å². The molecule has 0 bridgehead atoms. The average Bonchev–Trinajstić information content (AvgIpc) is 3.23. The molecule has 4 atom stereocenters. The van der Waals surface area contributed by atoms with Crippen molar-refractivity contribution < 1.29 is 23.8 Å². The van der Waals surface area contributed by atoms with E-state index in [2.05, 4.69) is 32.9 Å². The van der Waals surface area contributed by atoms with Gasteiger partial charge in [0.1, 0.15) is 17.8 Å². The first-order valence-electron chi connectivity index (χ1n) is 10.8. The van der Waals surface area contributed by atoms with Crippen molar-refractivity contribution in [3.05, 3.63) is 23.3 Å². The Kier molecular flexibility index (Phi) is 7.72. The number of esters is 2. The van der Waals surface area contributed by atoms with E-state index in [4.69, 9.17) is 14.2 Å². The summed E-state index contributed by atoms with van der Waals surface area (Å²) in [4.78, 5) is 23.2. The zero-order valence-electron chi connectivity index (χ0n) is 19.2. The summed E-state index contributed by atoms with van der Waals surface area (Å²) in [5.41, 5.74) is 1.76. The van der Waals surface area contributed by atoms with Crippen molar-refractivity contribution in [3.63, 3.8) is 0 Å². The molecular weight excluding hydrogens is 368 g/mol. The molecule has 5 heteroatoms. The molecule has 29 heavy (non-hydrogen) atoms. The fraction of sp³-hybridized carbons (Fsp3) is 0.750. The van der Waals surface area contributed by atoms with Gasteiger partial charge in [-0.25, -0.2) is 0 Å². The molecule has 0 spiro atoms. The van der Waals surface area contributed by atoms with Gasteiger partial charge in [0.2, 0.25) is 0 Å². The van der Waals surface area contributed by atoms with Gasteiger partial charge in [-0.3, -0.25) is 9.59 Å². The van der Waals surface area contributed by atoms with Gasteiger partial charge in [-0.1, -0.05) is 23.3 Å². The van der Waals surface area contributed by atoms with Crippen LogP contribution in [0.15, 0.2) is 23.3 Å². The van der Waals surface area contributed by atoms with Crippen LogP contribution in [0.25, 0.3) is 0 Å². The van der Waals surface area contributed by atoms with Gasteiger partial charge in [-0.2, -0.15) is 0 Å². The molecule has 0 saturated carbocycles. The molecule has 1 heterocycles. The summed E-state index contributed by atoms with van der Waals surface area (Å²) in [5.74, 6) is -0.309. The van der Waals surface area contributed by atoms with Crippen LogP contribution in [0.3, 0.4) is 0 Å². The monoisotopic (exact) mass is 406 g/mol. The summed E-state index contributed by atoms with van der Waals surface area (Å²) < 4.78 is 17.3. The first-order valence-corrected chi connectivity index (χ1v) is 10.8. The van der Waals surface area contributed by atoms with Crippen LogP contribution in [0.4, 0.5) is 0 Å². The Morgan fingerprint density at radius 3 is 2.45 bits per heavy atom. The zero-order valence-corrected chi connectivity index (χ0v) is 19.2. The van der Waals surface area contributed by atoms with Crippen LogP contribution in [0.2, 0.25) is 0 Å². The number of carbonyl (C=O) groups excluding carboxylic acids is 2. The third-order valence-corrected chi connectivity index (χ3v) is 6.28. The Bertz CT molecular complexity index is 675. The van der Waals surface area contributed by atoms with Crippen LogP contribution < -0.4 is 0 Å². The first-order chi connectivity index (χ1) is 13.4. The Labute approximate surface area is 175 Å². The van der Waals surface area contributed by atoms with Gasteiger partial charge >= 0.3 is 11.9 Å². The van der Waals surface area contributed by atoms with E-state index in [-0.39, 0.29) is 35.7 Å². The molecule has 0 N–H and O–H groups in total. The van der Waals surface area contributed by atoms with Crippen LogP contribution in [0.1, 0.15) is 87.0 Å². The third kappa shape index (κ3) is 6.98. The molecular formula is C24H38O5. The molecule has 1 saturated heterocycles. The van der Waals surface area contributed by atoms with E-state index in [0.29, 0.717) is 6.42 Å². The van der Waals surface area contributed by atoms with Gasteiger partial charge in [-0.15, -0.1) is 0 Å². The molecule has 1 aliphatic heterocycles. The van der Waals surface area contributed by atoms with Crippen LogP contribution in [0.5, 0.6) is 0 Å². The lowest BCUT2D eigenvalue weighted by molar-refractivity contribution is -0.159. The van der Waals surface area contributed by atoms with Gasteiger partial charge in [0, 0.05) is 26.2 Å². The van der Waals surface area contributed by atoms with Gasteiger partial charge < -0.3 is 14.2 Å². The molecule has 0 aromatic heterocycles. The quantitative estimate of drug-likeness (QED) is 0.362. The highest BCUT2D eigenvalue weighted by Gasteiger charge is 2.56. The molecule has 0 aromatic rings. The summed E-state index contributed by atoms with van der Waals surface area (Å²) in [7, 11) is 0. The van der Waals surface area contributed by atoms with Crippen molar-refractivity contribution in [2.75, 3.05) is 0 Å². The minimum absolute atomic E-state index is 0.0559. The smallest absolute Gasteiger partial charge is 0.303 e. The lowest BCUT2D eigenvalue weighted by atomic mass is 9.82. The molecule has 2 aliphatic rings. The number of hydrogen-bond donors (Lipinski definition) is 0. The molecule has 0 unspecified atom stereocenters. The van der Waals surface area contributed by atoms with Crippen molar-refractivity contribution in [2.45, 2.75) is 110 Å². The summed E-state index contributed by atoms with van der Waals surface area (Å²) in [6, 6.07) is 0. The number of fused-ring (bicyclic) bond motifs is 1. The minimum Gasteiger partial charge on any atom is -0.460 e. The second-order valence-electron chi connectivity index (χ2n) is 9.51. The standard InChI is InChI=1S/C24H38O5/c1-16-9-8-14-24(7)22(29-24)21(27-18(3)25)15-17(2)11-13-20(12-10-16)23(5,6)28-19(4)26/h9,11,20-22H,8,10,12-15H2,1-7H3/b16-9+,17-11+/t20-,21+,22+,24+/m1/s1. The predicted molar refractivity (Wildman–Crippen MR) is 113 cm³/mol. The normalized spacial score (nSPS) is 35.1. The van der Waals surface area contributed by atoms with Crippen LogP contribution in [-0.4, -0.2) is 35.3 Å². The topological polar surface area (TPSA) is 65.1 Å². The summed E-state index contributed by atoms with van der Waals surface area (Å²) >= 11 is 0. The van der Waals surface area contributed by atoms with Crippen LogP contribution >= 0.6 is 0 Å². The van der Waals surface area contributed by atoms with E-state index in [1.54, 1.807) is 0 Å². The summed E-state index contributed by atoms with van der Waals surface area (Å²) in [6.07, 6.45) is 9.45. The van der Waals surface area contributed by atoms with E-state index in [9.17, 15) is 9.59 Å². The molecule has 1 fully saturated rings. The van der Waals surface area contributed by atoms with E-state index in [1.807, 2.05) is 13.8 Å². The SMILES string of the molecule is CC(=O)O[C@H]1C/C(C)=C/C[C@H](C(C)(C)OC(C)=O)CC/C(C)=C/CC[C@]2(C)O[C@@H]12. The Morgan fingerprint density at radius 2 is 1.83 bits per heavy atom. The molecule has 2 rings (SSSR count). The second-order valence-corrected chi connectivity index (χ2v) is 9.51. The van der Waals surface area contributed by atoms with Crippen molar-refractivity contribution in [1.82, 2.24) is 0 Å². The fourth-order valence-corrected chi connectivity index (χ4v) is 4.41. The Balaban J connectivity index is 2.24. The molecule has 0 radical (unpaired) electrons. The third-order valence-electron chi connectivity index (χ3n) is 6.28. The average molecular weight is 407 g/mol. The maximum atomic E-state index is 11.6. The fourth-order valence-electron chi connectivity index (χ4n) is 4.41. The van der Waals surface area contributed by atoms with E-state index >= 15 is 0 Å². The lowest BCUT2D eigenvalue weighted by Crippen LogP contribution is -2.36. The van der Waals surface area contributed by atoms with Crippen LogP contribution in [-0.2, 0) is 23.8 Å². The number of carbonyl (C=O) groups is 2. The van der Waals surface area contributed by atoms with Crippen LogP contribution in [0, 0.1) is 5.92 Å². The highest BCUT2D eigenvalue weighted by atomic mass is 16.6. The highest BCUT2D eigenvalue weighted by Crippen LogP contribution is 2.45. The molecule has 1 aliphatic carbocycles. The van der Waals surface area contributed by atoms with Crippen molar-refractivity contribution in [3.8, 4) is 0 Å². The largest absolute Gasteiger partial charge is 0.460 e. The van der Waals surface area contributed by atoms with Crippen molar-refractivity contribution in [1.29, 1.82) is 0 Å². The lowest BCUT2D eigenvalue weighted by Gasteiger charge is -2.33. The Morgan fingerprint density at radius 1 is 1.14 bits per heavy atom. The molecule has 0 amide bonds. The maximum absolute atomic E-state index is 11.6. The minimum atomic E-state index is -0.534. The highest BCUT2D eigenvalue weighted by molar-refractivity contribution is 5.66. The number of rotatable bonds is 3. The predicted octanol–water partition coefficient (Wildman–Crippen LogP) is 5.28. The number of ether oxygens (including phenoxy) is 3. The summed E-state index contributed by atoms with van der Waals surface area (Å²) in [5, 5.41) is 0. The van der Waals surface area contributed by atoms with Gasteiger partial charge in [0.05, 0.1) is 5.60 Å². The number of allylic oxidation sites excluding steroid dienone is 3. The Hall–Kier alpha value is -1.62. The van der Waals surface area contributed by atoms with E-state index in [0.717, 1.165) is 32.1 Å². The number of hydrogen-bond acceptors (Lipinski definition) is 5. The van der Waals surface area contributed by atoms with Crippen molar-refractivity contribution in [2.24, 2.45) is 5.92 Å². The van der Waals surface area contributed by atoms with Gasteiger partial charge in [0.15, 0.2) is 0 Å². The molecule has 5 nitrogen and oxygen atoms in total. The van der Waals surface area contributed by atoms with E-state index in [1.165, 1.54) is 25.0 Å². The second kappa shape index (κ2) is 9.46. The van der Waals surface area contributed by atoms with Crippen molar-refractivity contribution >= 4 is 11.9 Å².